The molecular weight excluding hydrogens is 1060 g/mol. The van der Waals surface area contributed by atoms with Crippen LogP contribution in [0.5, 0.6) is 0 Å². The van der Waals surface area contributed by atoms with Crippen molar-refractivity contribution in [2.75, 3.05) is 0 Å². The lowest BCUT2D eigenvalue weighted by atomic mass is 9.98. The second-order valence-electron chi connectivity index (χ2n) is 21.2. The number of hydrogen-bond acceptors (Lipinski definition) is 7. The minimum atomic E-state index is 0.619. The standard InChI is InChI=1S/C75H45N7S2/c1-4-18-46(19-5-1)61-44-62(77-72(76-61)49-34-38-53(39-35-49)81-63-30-13-10-26-56(63)59-43-60-57-27-11-14-32-66(57)83-68(60)45-65(59)81)52-25-16-24-51(42-52)55-29-17-31-64-69(55)71-70(58-28-12-15-33-67(58)84-71)82(64)54-40-36-50(37-41-54)75-79-73(47-20-6-2-7-21-47)78-74(80-75)48-22-8-3-9-23-48/h1-45H. The van der Waals surface area contributed by atoms with Crippen LogP contribution in [0.15, 0.2) is 273 Å². The van der Waals surface area contributed by atoms with Crippen molar-refractivity contribution in [3.63, 3.8) is 0 Å². The molecule has 6 heterocycles. The third-order valence-electron chi connectivity index (χ3n) is 16.2. The number of thiophene rings is 2. The van der Waals surface area contributed by atoms with Gasteiger partial charge in [-0.3, -0.25) is 0 Å². The summed E-state index contributed by atoms with van der Waals surface area (Å²) < 4.78 is 9.89. The van der Waals surface area contributed by atoms with Crippen LogP contribution in [0.1, 0.15) is 0 Å². The lowest BCUT2D eigenvalue weighted by Crippen LogP contribution is -2.00. The monoisotopic (exact) mass is 1110 g/mol. The van der Waals surface area contributed by atoms with Crippen LogP contribution in [0.3, 0.4) is 0 Å². The number of benzene rings is 11. The minimum Gasteiger partial charge on any atom is -0.309 e. The first kappa shape index (κ1) is 48.0. The maximum Gasteiger partial charge on any atom is 0.164 e. The average molecular weight is 1110 g/mol. The van der Waals surface area contributed by atoms with Gasteiger partial charge < -0.3 is 9.13 Å². The summed E-state index contributed by atoms with van der Waals surface area (Å²) in [4.78, 5) is 25.7. The fourth-order valence-electron chi connectivity index (χ4n) is 12.3. The second kappa shape index (κ2) is 19.5. The molecule has 0 atom stereocenters. The zero-order chi connectivity index (χ0) is 55.2. The maximum absolute atomic E-state index is 5.40. The predicted octanol–water partition coefficient (Wildman–Crippen LogP) is 20.1. The molecule has 17 aromatic rings. The molecule has 392 valence electrons. The Labute approximate surface area is 490 Å². The Morgan fingerprint density at radius 1 is 0.262 bits per heavy atom. The number of para-hydroxylation sites is 1. The molecule has 6 aromatic heterocycles. The van der Waals surface area contributed by atoms with E-state index in [9.17, 15) is 0 Å². The van der Waals surface area contributed by atoms with Crippen molar-refractivity contribution < 1.29 is 0 Å². The number of rotatable bonds is 9. The van der Waals surface area contributed by atoms with Gasteiger partial charge in [-0.15, -0.1) is 22.7 Å². The molecule has 84 heavy (non-hydrogen) atoms. The van der Waals surface area contributed by atoms with Crippen molar-refractivity contribution in [1.29, 1.82) is 0 Å². The Hall–Kier alpha value is -10.7. The highest BCUT2D eigenvalue weighted by Crippen LogP contribution is 2.47. The molecule has 0 unspecified atom stereocenters. The van der Waals surface area contributed by atoms with Gasteiger partial charge in [0.2, 0.25) is 0 Å². The zero-order valence-corrected chi connectivity index (χ0v) is 46.6. The number of fused-ring (bicyclic) bond motifs is 11. The van der Waals surface area contributed by atoms with Crippen LogP contribution in [0.4, 0.5) is 0 Å². The van der Waals surface area contributed by atoms with Gasteiger partial charge in [0.25, 0.3) is 0 Å². The summed E-state index contributed by atoms with van der Waals surface area (Å²) in [6, 6.07) is 96.8. The van der Waals surface area contributed by atoms with Gasteiger partial charge in [-0.25, -0.2) is 24.9 Å². The topological polar surface area (TPSA) is 74.3 Å². The van der Waals surface area contributed by atoms with Gasteiger partial charge in [-0.1, -0.05) is 176 Å². The molecule has 9 heteroatoms. The van der Waals surface area contributed by atoms with Gasteiger partial charge in [0.15, 0.2) is 23.3 Å². The fourth-order valence-corrected chi connectivity index (χ4v) is 14.6. The Kier molecular flexibility index (Phi) is 11.1. The van der Waals surface area contributed by atoms with Crippen LogP contribution in [-0.2, 0) is 0 Å². The molecule has 0 fully saturated rings. The van der Waals surface area contributed by atoms with E-state index in [2.05, 4.69) is 215 Å². The van der Waals surface area contributed by atoms with Crippen molar-refractivity contribution in [1.82, 2.24) is 34.1 Å². The first-order chi connectivity index (χ1) is 41.6. The lowest BCUT2D eigenvalue weighted by molar-refractivity contribution is 1.07. The van der Waals surface area contributed by atoms with E-state index < -0.39 is 0 Å². The van der Waals surface area contributed by atoms with Crippen molar-refractivity contribution >= 4 is 95.9 Å². The Bertz CT molecular complexity index is 5360. The van der Waals surface area contributed by atoms with Crippen molar-refractivity contribution in [3.05, 3.63) is 273 Å². The molecule has 7 nitrogen and oxygen atoms in total. The molecule has 0 bridgehead atoms. The number of nitrogens with zero attached hydrogens (tertiary/aromatic N) is 7. The highest BCUT2D eigenvalue weighted by atomic mass is 32.1. The molecule has 0 N–H and O–H groups in total. The third kappa shape index (κ3) is 7.96. The summed E-state index contributed by atoms with van der Waals surface area (Å²) in [5.74, 6) is 2.55. The summed E-state index contributed by atoms with van der Waals surface area (Å²) >= 11 is 3.70. The van der Waals surface area contributed by atoms with Crippen molar-refractivity contribution in [2.45, 2.75) is 0 Å². The average Bonchev–Trinajstić information content (AvgIpc) is 1.77. The molecule has 11 aromatic carbocycles. The summed E-state index contributed by atoms with van der Waals surface area (Å²) in [7, 11) is 0. The van der Waals surface area contributed by atoms with E-state index in [1.165, 1.54) is 67.7 Å². The lowest BCUT2D eigenvalue weighted by Gasteiger charge is -2.13. The van der Waals surface area contributed by atoms with E-state index in [4.69, 9.17) is 24.9 Å². The molecule has 0 aliphatic rings. The summed E-state index contributed by atoms with van der Waals surface area (Å²) in [6.45, 7) is 0. The quantitative estimate of drug-likeness (QED) is 0.144. The summed E-state index contributed by atoms with van der Waals surface area (Å²) in [6.07, 6.45) is 0. The van der Waals surface area contributed by atoms with E-state index in [0.29, 0.717) is 23.3 Å². The predicted molar refractivity (Wildman–Crippen MR) is 350 cm³/mol. The smallest absolute Gasteiger partial charge is 0.164 e. The highest BCUT2D eigenvalue weighted by Gasteiger charge is 2.23. The van der Waals surface area contributed by atoms with Crippen LogP contribution in [0.2, 0.25) is 0 Å². The van der Waals surface area contributed by atoms with Crippen molar-refractivity contribution in [2.24, 2.45) is 0 Å². The van der Waals surface area contributed by atoms with Gasteiger partial charge in [-0.05, 0) is 108 Å². The van der Waals surface area contributed by atoms with Gasteiger partial charge in [-0.2, -0.15) is 0 Å². The zero-order valence-electron chi connectivity index (χ0n) is 44.9. The Balaban J connectivity index is 0.767. The third-order valence-corrected chi connectivity index (χ3v) is 18.5. The Morgan fingerprint density at radius 2 is 0.750 bits per heavy atom. The normalized spacial score (nSPS) is 11.8. The first-order valence-electron chi connectivity index (χ1n) is 28.0. The van der Waals surface area contributed by atoms with Crippen LogP contribution in [0, 0.1) is 0 Å². The number of aromatic nitrogens is 7. The van der Waals surface area contributed by atoms with Gasteiger partial charge >= 0.3 is 0 Å². The van der Waals surface area contributed by atoms with Gasteiger partial charge in [0.1, 0.15) is 0 Å². The van der Waals surface area contributed by atoms with Crippen LogP contribution < -0.4 is 0 Å². The van der Waals surface area contributed by atoms with E-state index in [-0.39, 0.29) is 0 Å². The number of hydrogen-bond donors (Lipinski definition) is 0. The molecule has 0 radical (unpaired) electrons. The molecule has 0 spiro atoms. The molecule has 17 rings (SSSR count). The second-order valence-corrected chi connectivity index (χ2v) is 23.3. The summed E-state index contributed by atoms with van der Waals surface area (Å²) in [5, 5.41) is 7.51. The van der Waals surface area contributed by atoms with Gasteiger partial charge in [0.05, 0.1) is 38.2 Å². The molecule has 0 amide bonds. The fraction of sp³-hybridized carbons (Fsp3) is 0. The van der Waals surface area contributed by atoms with E-state index in [1.807, 2.05) is 89.4 Å². The minimum absolute atomic E-state index is 0.619. The first-order valence-corrected chi connectivity index (χ1v) is 29.7. The molecular formula is C75H45N7S2. The highest BCUT2D eigenvalue weighted by molar-refractivity contribution is 7.27. The largest absolute Gasteiger partial charge is 0.309 e. The van der Waals surface area contributed by atoms with E-state index >= 15 is 0 Å². The van der Waals surface area contributed by atoms with Crippen LogP contribution in [0.25, 0.3) is 164 Å². The van der Waals surface area contributed by atoms with E-state index in [0.717, 1.165) is 72.8 Å². The molecule has 0 aliphatic carbocycles. The maximum atomic E-state index is 5.40. The molecule has 0 saturated heterocycles. The molecule has 0 aliphatic heterocycles. The van der Waals surface area contributed by atoms with E-state index in [1.54, 1.807) is 0 Å². The van der Waals surface area contributed by atoms with Crippen molar-refractivity contribution in [3.8, 4) is 90.6 Å². The van der Waals surface area contributed by atoms with Crippen LogP contribution in [-0.4, -0.2) is 34.1 Å². The Morgan fingerprint density at radius 3 is 1.42 bits per heavy atom. The SMILES string of the molecule is c1ccc(-c2cc(-c3cccc(-c4cccc5c4c4sc6ccccc6c4n5-c4ccc(-c5nc(-c6ccccc6)nc(-c6ccccc6)n5)cc4)c3)nc(-c3ccc(-n4c5ccccc5c5cc6c(cc54)sc4ccccc46)cc3)n2)cc1. The van der Waals surface area contributed by atoms with Crippen LogP contribution >= 0.6 is 22.7 Å². The van der Waals surface area contributed by atoms with Gasteiger partial charge in [0, 0.05) is 91.2 Å². The molecule has 0 saturated carbocycles. The summed E-state index contributed by atoms with van der Waals surface area (Å²) in [5.41, 5.74) is 16.5.